The summed E-state index contributed by atoms with van der Waals surface area (Å²) >= 11 is 0. The van der Waals surface area contributed by atoms with Gasteiger partial charge in [-0.15, -0.1) is 0 Å². The Morgan fingerprint density at radius 2 is 1.86 bits per heavy atom. The molecule has 0 bridgehead atoms. The summed E-state index contributed by atoms with van der Waals surface area (Å²) in [5, 5.41) is 6.56. The van der Waals surface area contributed by atoms with Gasteiger partial charge in [0.1, 0.15) is 0 Å². The number of nitrogens with zero attached hydrogens (tertiary/aromatic N) is 1. The van der Waals surface area contributed by atoms with E-state index in [0.717, 1.165) is 12.5 Å². The molecule has 0 aromatic carbocycles. The molecule has 0 aromatic rings. The Morgan fingerprint density at radius 3 is 2.48 bits per heavy atom. The minimum absolute atomic E-state index is 0.179. The van der Waals surface area contributed by atoms with Crippen LogP contribution in [0.3, 0.4) is 0 Å². The maximum Gasteiger partial charge on any atom is 0.191 e. The van der Waals surface area contributed by atoms with Gasteiger partial charge in [-0.25, -0.2) is 8.42 Å². The number of aliphatic imine (C=N–C) groups is 1. The highest BCUT2D eigenvalue weighted by atomic mass is 32.2. The average molecular weight is 315 g/mol. The van der Waals surface area contributed by atoms with E-state index in [2.05, 4.69) is 15.6 Å². The van der Waals surface area contributed by atoms with Gasteiger partial charge >= 0.3 is 0 Å². The van der Waals surface area contributed by atoms with Crippen LogP contribution >= 0.6 is 0 Å². The van der Waals surface area contributed by atoms with Crippen LogP contribution in [0.4, 0.5) is 0 Å². The second kappa shape index (κ2) is 8.01. The lowest BCUT2D eigenvalue weighted by molar-refractivity contribution is 0.366. The summed E-state index contributed by atoms with van der Waals surface area (Å²) in [6, 6.07) is 0.533. The summed E-state index contributed by atoms with van der Waals surface area (Å²) in [7, 11) is -2.91. The molecule has 2 fully saturated rings. The Morgan fingerprint density at radius 1 is 1.14 bits per heavy atom. The lowest BCUT2D eigenvalue weighted by Gasteiger charge is -2.20. The third kappa shape index (κ3) is 6.68. The molecule has 0 aliphatic heterocycles. The van der Waals surface area contributed by atoms with E-state index in [1.54, 1.807) is 6.92 Å². The number of sulfone groups is 1. The molecule has 0 amide bonds. The smallest absolute Gasteiger partial charge is 0.191 e. The lowest BCUT2D eigenvalue weighted by Crippen LogP contribution is -2.41. The van der Waals surface area contributed by atoms with Crippen molar-refractivity contribution in [1.29, 1.82) is 0 Å². The van der Waals surface area contributed by atoms with Gasteiger partial charge in [0, 0.05) is 24.9 Å². The van der Waals surface area contributed by atoms with E-state index in [1.165, 1.54) is 44.9 Å². The van der Waals surface area contributed by atoms with Crippen molar-refractivity contribution in [2.24, 2.45) is 10.9 Å². The summed E-state index contributed by atoms with van der Waals surface area (Å²) in [5.74, 6) is 1.89. The van der Waals surface area contributed by atoms with Crippen molar-refractivity contribution in [3.05, 3.63) is 0 Å². The lowest BCUT2D eigenvalue weighted by atomic mass is 9.89. The zero-order valence-electron chi connectivity index (χ0n) is 13.1. The molecule has 0 heterocycles. The Balaban J connectivity index is 1.78. The van der Waals surface area contributed by atoms with E-state index in [0.29, 0.717) is 18.5 Å². The SMILES string of the molecule is CCS(=O)(=O)CCNC(=NCC1CCCCC1)NC1CC1. The van der Waals surface area contributed by atoms with Gasteiger partial charge < -0.3 is 10.6 Å². The third-order valence-electron chi connectivity index (χ3n) is 4.30. The second-order valence-corrected chi connectivity index (χ2v) is 8.75. The zero-order valence-corrected chi connectivity index (χ0v) is 13.9. The largest absolute Gasteiger partial charge is 0.355 e. The summed E-state index contributed by atoms with van der Waals surface area (Å²) in [6.45, 7) is 3.00. The molecule has 21 heavy (non-hydrogen) atoms. The first-order valence-electron chi connectivity index (χ1n) is 8.34. The average Bonchev–Trinajstić information content (AvgIpc) is 3.29. The van der Waals surface area contributed by atoms with Gasteiger partial charge in [-0.05, 0) is 31.6 Å². The third-order valence-corrected chi connectivity index (χ3v) is 6.00. The minimum atomic E-state index is -2.91. The highest BCUT2D eigenvalue weighted by molar-refractivity contribution is 7.91. The molecule has 5 nitrogen and oxygen atoms in total. The van der Waals surface area contributed by atoms with Gasteiger partial charge in [0.25, 0.3) is 0 Å². The first-order valence-corrected chi connectivity index (χ1v) is 10.2. The van der Waals surface area contributed by atoms with Gasteiger partial charge in [0.05, 0.1) is 5.75 Å². The van der Waals surface area contributed by atoms with Crippen molar-refractivity contribution < 1.29 is 8.42 Å². The van der Waals surface area contributed by atoms with Crippen LogP contribution in [0, 0.1) is 5.92 Å². The quantitative estimate of drug-likeness (QED) is 0.554. The molecule has 0 atom stereocenters. The Bertz CT molecular complexity index is 438. The van der Waals surface area contributed by atoms with Crippen molar-refractivity contribution in [2.75, 3.05) is 24.6 Å². The minimum Gasteiger partial charge on any atom is -0.355 e. The Hall–Kier alpha value is -0.780. The second-order valence-electron chi connectivity index (χ2n) is 6.28. The van der Waals surface area contributed by atoms with E-state index in [9.17, 15) is 8.42 Å². The van der Waals surface area contributed by atoms with Crippen LogP contribution in [0.2, 0.25) is 0 Å². The first-order chi connectivity index (χ1) is 10.1. The van der Waals surface area contributed by atoms with E-state index in [1.807, 2.05) is 0 Å². The standard InChI is InChI=1S/C15H29N3O2S/c1-2-21(19,20)11-10-16-15(18-14-8-9-14)17-12-13-6-4-3-5-7-13/h13-14H,2-12H2,1H3,(H2,16,17,18). The van der Waals surface area contributed by atoms with Crippen LogP contribution in [0.1, 0.15) is 51.9 Å². The van der Waals surface area contributed by atoms with Gasteiger partial charge in [-0.3, -0.25) is 4.99 Å². The van der Waals surface area contributed by atoms with Crippen molar-refractivity contribution in [1.82, 2.24) is 10.6 Å². The van der Waals surface area contributed by atoms with E-state index in [4.69, 9.17) is 0 Å². The van der Waals surface area contributed by atoms with Crippen molar-refractivity contribution in [2.45, 2.75) is 57.9 Å². The zero-order chi connectivity index (χ0) is 15.1. The number of guanidine groups is 1. The molecule has 2 aliphatic carbocycles. The number of rotatable bonds is 7. The summed E-state index contributed by atoms with van der Waals surface area (Å²) in [5.41, 5.74) is 0. The predicted molar refractivity (Wildman–Crippen MR) is 87.4 cm³/mol. The highest BCUT2D eigenvalue weighted by Gasteiger charge is 2.22. The van der Waals surface area contributed by atoms with Crippen molar-refractivity contribution in [3.63, 3.8) is 0 Å². The van der Waals surface area contributed by atoms with Crippen LogP contribution < -0.4 is 10.6 Å². The number of nitrogens with one attached hydrogen (secondary N) is 2. The van der Waals surface area contributed by atoms with E-state index < -0.39 is 9.84 Å². The van der Waals surface area contributed by atoms with Crippen molar-refractivity contribution in [3.8, 4) is 0 Å². The van der Waals surface area contributed by atoms with E-state index >= 15 is 0 Å². The van der Waals surface area contributed by atoms with Crippen LogP contribution in [-0.4, -0.2) is 45.0 Å². The molecular weight excluding hydrogens is 286 g/mol. The topological polar surface area (TPSA) is 70.6 Å². The first kappa shape index (κ1) is 16.6. The Kier molecular flexibility index (Phi) is 6.33. The van der Waals surface area contributed by atoms with E-state index in [-0.39, 0.29) is 11.5 Å². The molecule has 0 saturated heterocycles. The molecule has 2 N–H and O–H groups in total. The normalized spacial score (nSPS) is 21.3. The molecular formula is C15H29N3O2S. The molecule has 2 aliphatic rings. The molecule has 6 heteroatoms. The number of hydrogen-bond donors (Lipinski definition) is 2. The maximum absolute atomic E-state index is 11.5. The monoisotopic (exact) mass is 315 g/mol. The highest BCUT2D eigenvalue weighted by Crippen LogP contribution is 2.23. The number of hydrogen-bond acceptors (Lipinski definition) is 3. The molecule has 122 valence electrons. The van der Waals surface area contributed by atoms with Crippen molar-refractivity contribution >= 4 is 15.8 Å². The Labute approximate surface area is 128 Å². The molecule has 2 rings (SSSR count). The fourth-order valence-corrected chi connectivity index (χ4v) is 3.33. The fourth-order valence-electron chi connectivity index (χ4n) is 2.63. The molecule has 0 aromatic heterocycles. The summed E-state index contributed by atoms with van der Waals surface area (Å²) in [6.07, 6.45) is 8.96. The van der Waals surface area contributed by atoms with Gasteiger partial charge in [-0.2, -0.15) is 0 Å². The molecule has 0 spiro atoms. The summed E-state index contributed by atoms with van der Waals surface area (Å²) in [4.78, 5) is 4.67. The predicted octanol–water partition coefficient (Wildman–Crippen LogP) is 1.70. The molecule has 2 saturated carbocycles. The van der Waals surface area contributed by atoms with Crippen LogP contribution in [0.15, 0.2) is 4.99 Å². The van der Waals surface area contributed by atoms with Crippen LogP contribution in [-0.2, 0) is 9.84 Å². The van der Waals surface area contributed by atoms with Gasteiger partial charge in [-0.1, -0.05) is 26.2 Å². The van der Waals surface area contributed by atoms with Crippen LogP contribution in [0.5, 0.6) is 0 Å². The molecule has 0 radical (unpaired) electrons. The fraction of sp³-hybridized carbons (Fsp3) is 0.933. The molecule has 0 unspecified atom stereocenters. The van der Waals surface area contributed by atoms with Gasteiger partial charge in [0.15, 0.2) is 15.8 Å². The maximum atomic E-state index is 11.5. The van der Waals surface area contributed by atoms with Gasteiger partial charge in [0.2, 0.25) is 0 Å². The van der Waals surface area contributed by atoms with Crippen LogP contribution in [0.25, 0.3) is 0 Å². The summed E-state index contributed by atoms with van der Waals surface area (Å²) < 4.78 is 23.0.